The van der Waals surface area contributed by atoms with Crippen molar-refractivity contribution < 1.29 is 4.79 Å². The van der Waals surface area contributed by atoms with E-state index in [1.807, 2.05) is 13.0 Å². The number of hydrogen-bond acceptors (Lipinski definition) is 3. The minimum Gasteiger partial charge on any atom is -0.344 e. The number of carbonyl (C=O) groups is 1. The van der Waals surface area contributed by atoms with Crippen molar-refractivity contribution in [2.24, 2.45) is 0 Å². The lowest BCUT2D eigenvalue weighted by atomic mass is 10.0. The molecule has 0 saturated carbocycles. The number of nitrogens with zero attached hydrogens (tertiary/aromatic N) is 1. The lowest BCUT2D eigenvalue weighted by Crippen LogP contribution is -2.47. The highest BCUT2D eigenvalue weighted by Crippen LogP contribution is 2.14. The molecule has 1 unspecified atom stereocenters. The predicted octanol–water partition coefficient (Wildman–Crippen LogP) is 1.33. The van der Waals surface area contributed by atoms with E-state index in [-0.39, 0.29) is 11.4 Å². The first-order chi connectivity index (χ1) is 7.59. The van der Waals surface area contributed by atoms with Gasteiger partial charge in [0.25, 0.3) is 5.91 Å². The van der Waals surface area contributed by atoms with Crippen LogP contribution in [-0.2, 0) is 0 Å². The molecule has 0 aliphatic carbocycles. The highest BCUT2D eigenvalue weighted by atomic mass is 79.9. The number of amides is 1. The molecule has 2 rings (SSSR count). The van der Waals surface area contributed by atoms with E-state index in [9.17, 15) is 4.79 Å². The molecule has 5 heteroatoms. The molecule has 1 aromatic rings. The summed E-state index contributed by atoms with van der Waals surface area (Å²) in [5.74, 6) is -0.112. The second-order valence-electron chi connectivity index (χ2n) is 4.30. The van der Waals surface area contributed by atoms with Gasteiger partial charge in [-0.25, -0.2) is 4.98 Å². The zero-order chi connectivity index (χ0) is 11.6. The Hall–Kier alpha value is -0.940. The van der Waals surface area contributed by atoms with Gasteiger partial charge in [0.2, 0.25) is 0 Å². The minimum absolute atomic E-state index is 0.112. The van der Waals surface area contributed by atoms with Crippen molar-refractivity contribution in [3.63, 3.8) is 0 Å². The Balaban J connectivity index is 2.05. The van der Waals surface area contributed by atoms with Crippen molar-refractivity contribution in [1.82, 2.24) is 15.6 Å². The molecule has 1 saturated heterocycles. The van der Waals surface area contributed by atoms with Crippen molar-refractivity contribution in [3.8, 4) is 0 Å². The lowest BCUT2D eigenvalue weighted by molar-refractivity contribution is 0.0908. The minimum atomic E-state index is -0.147. The molecule has 0 bridgehead atoms. The maximum Gasteiger partial charge on any atom is 0.270 e. The number of nitrogens with one attached hydrogen (secondary N) is 2. The topological polar surface area (TPSA) is 54.0 Å². The molecule has 1 aromatic heterocycles. The fourth-order valence-electron chi connectivity index (χ4n) is 1.77. The van der Waals surface area contributed by atoms with Gasteiger partial charge in [0, 0.05) is 17.2 Å². The molecule has 4 nitrogen and oxygen atoms in total. The lowest BCUT2D eigenvalue weighted by Gasteiger charge is -2.24. The summed E-state index contributed by atoms with van der Waals surface area (Å²) in [5.41, 5.74) is 0.308. The molecule has 2 N–H and O–H groups in total. The third-order valence-electron chi connectivity index (χ3n) is 2.74. The molecular formula is C11H14BrN3O. The summed E-state index contributed by atoms with van der Waals surface area (Å²) in [4.78, 5) is 16.0. The first kappa shape index (κ1) is 11.5. The van der Waals surface area contributed by atoms with Crippen LogP contribution in [0.15, 0.2) is 22.8 Å². The van der Waals surface area contributed by atoms with E-state index in [2.05, 4.69) is 31.5 Å². The number of aromatic nitrogens is 1. The van der Waals surface area contributed by atoms with Gasteiger partial charge in [-0.05, 0) is 48.0 Å². The Morgan fingerprint density at radius 2 is 2.44 bits per heavy atom. The predicted molar refractivity (Wildman–Crippen MR) is 65.3 cm³/mol. The largest absolute Gasteiger partial charge is 0.344 e. The van der Waals surface area contributed by atoms with Crippen LogP contribution in [0.4, 0.5) is 0 Å². The van der Waals surface area contributed by atoms with E-state index in [1.165, 1.54) is 0 Å². The molecule has 2 heterocycles. The number of rotatable bonds is 2. The van der Waals surface area contributed by atoms with Crippen LogP contribution in [0.5, 0.6) is 0 Å². The Kier molecular flexibility index (Phi) is 3.25. The molecular weight excluding hydrogens is 270 g/mol. The summed E-state index contributed by atoms with van der Waals surface area (Å²) in [6, 6.07) is 3.53. The van der Waals surface area contributed by atoms with E-state index in [0.29, 0.717) is 5.69 Å². The van der Waals surface area contributed by atoms with Gasteiger partial charge < -0.3 is 10.6 Å². The standard InChI is InChI=1S/C11H14BrN3O/c1-11(4-5-13-7-11)15-10(16)9-3-2-8(12)6-14-9/h2-3,6,13H,4-5,7H2,1H3,(H,15,16). The smallest absolute Gasteiger partial charge is 0.270 e. The van der Waals surface area contributed by atoms with Gasteiger partial charge in [0.05, 0.1) is 5.54 Å². The van der Waals surface area contributed by atoms with Crippen LogP contribution in [-0.4, -0.2) is 29.5 Å². The molecule has 1 fully saturated rings. The van der Waals surface area contributed by atoms with E-state index in [0.717, 1.165) is 24.0 Å². The fourth-order valence-corrected chi connectivity index (χ4v) is 2.01. The maximum absolute atomic E-state index is 11.9. The SMILES string of the molecule is CC1(NC(=O)c2ccc(Br)cn2)CCNC1. The molecule has 1 amide bonds. The zero-order valence-corrected chi connectivity index (χ0v) is 10.7. The third-order valence-corrected chi connectivity index (χ3v) is 3.21. The number of pyridine rings is 1. The van der Waals surface area contributed by atoms with Crippen LogP contribution in [0.25, 0.3) is 0 Å². The molecule has 0 spiro atoms. The third kappa shape index (κ3) is 2.59. The van der Waals surface area contributed by atoms with Crippen LogP contribution in [0.2, 0.25) is 0 Å². The van der Waals surface area contributed by atoms with Crippen molar-refractivity contribution in [1.29, 1.82) is 0 Å². The first-order valence-corrected chi connectivity index (χ1v) is 6.03. The van der Waals surface area contributed by atoms with Gasteiger partial charge in [0.1, 0.15) is 5.69 Å². The zero-order valence-electron chi connectivity index (χ0n) is 9.09. The van der Waals surface area contributed by atoms with Crippen LogP contribution in [0, 0.1) is 0 Å². The molecule has 86 valence electrons. The van der Waals surface area contributed by atoms with Crippen LogP contribution in [0.1, 0.15) is 23.8 Å². The number of halogens is 1. The summed E-state index contributed by atoms with van der Waals surface area (Å²) in [6.07, 6.45) is 2.58. The average Bonchev–Trinajstić information content (AvgIpc) is 2.65. The van der Waals surface area contributed by atoms with Gasteiger partial charge in [-0.15, -0.1) is 0 Å². The van der Waals surface area contributed by atoms with E-state index < -0.39 is 0 Å². The number of hydrogen-bond donors (Lipinski definition) is 2. The Labute approximate surface area is 103 Å². The Morgan fingerprint density at radius 3 is 3.00 bits per heavy atom. The quantitative estimate of drug-likeness (QED) is 0.861. The highest BCUT2D eigenvalue weighted by Gasteiger charge is 2.30. The van der Waals surface area contributed by atoms with Gasteiger partial charge in [0.15, 0.2) is 0 Å². The van der Waals surface area contributed by atoms with Gasteiger partial charge in [-0.1, -0.05) is 0 Å². The van der Waals surface area contributed by atoms with Crippen molar-refractivity contribution >= 4 is 21.8 Å². The second-order valence-corrected chi connectivity index (χ2v) is 5.22. The van der Waals surface area contributed by atoms with Gasteiger partial charge in [-0.3, -0.25) is 4.79 Å². The monoisotopic (exact) mass is 283 g/mol. The average molecular weight is 284 g/mol. The summed E-state index contributed by atoms with van der Waals surface area (Å²) >= 11 is 3.29. The van der Waals surface area contributed by atoms with Crippen molar-refractivity contribution in [3.05, 3.63) is 28.5 Å². The van der Waals surface area contributed by atoms with Gasteiger partial charge in [-0.2, -0.15) is 0 Å². The number of carbonyl (C=O) groups excluding carboxylic acids is 1. The van der Waals surface area contributed by atoms with E-state index in [4.69, 9.17) is 0 Å². The Morgan fingerprint density at radius 1 is 1.62 bits per heavy atom. The van der Waals surface area contributed by atoms with Crippen LogP contribution >= 0.6 is 15.9 Å². The van der Waals surface area contributed by atoms with E-state index >= 15 is 0 Å². The molecule has 1 atom stereocenters. The molecule has 1 aliphatic heterocycles. The summed E-state index contributed by atoms with van der Waals surface area (Å²) in [6.45, 7) is 3.81. The van der Waals surface area contributed by atoms with Crippen LogP contribution < -0.4 is 10.6 Å². The fraction of sp³-hybridized carbons (Fsp3) is 0.455. The van der Waals surface area contributed by atoms with E-state index in [1.54, 1.807) is 12.3 Å². The molecule has 0 aromatic carbocycles. The first-order valence-electron chi connectivity index (χ1n) is 5.24. The normalized spacial score (nSPS) is 24.4. The molecule has 0 radical (unpaired) electrons. The summed E-state index contributed by atoms with van der Waals surface area (Å²) in [7, 11) is 0. The molecule has 1 aliphatic rings. The van der Waals surface area contributed by atoms with Crippen molar-refractivity contribution in [2.45, 2.75) is 18.9 Å². The van der Waals surface area contributed by atoms with Crippen molar-refractivity contribution in [2.75, 3.05) is 13.1 Å². The summed E-state index contributed by atoms with van der Waals surface area (Å²) < 4.78 is 0.873. The summed E-state index contributed by atoms with van der Waals surface area (Å²) in [5, 5.41) is 6.25. The highest BCUT2D eigenvalue weighted by molar-refractivity contribution is 9.10. The maximum atomic E-state index is 11.9. The molecule has 16 heavy (non-hydrogen) atoms. The van der Waals surface area contributed by atoms with Crippen LogP contribution in [0.3, 0.4) is 0 Å². The Bertz CT molecular complexity index is 385. The van der Waals surface area contributed by atoms with Gasteiger partial charge >= 0.3 is 0 Å². The second kappa shape index (κ2) is 4.51.